The zero-order valence-corrected chi connectivity index (χ0v) is 16.3. The molecule has 6 nitrogen and oxygen atoms in total. The van der Waals surface area contributed by atoms with E-state index < -0.39 is 11.5 Å². The SMILES string of the molecule is COC(=O)[C@@H]1CN(C(=O)OC(C)(C)C)CC[C@H]1N[C@@H](C)c1ccccc1. The predicted octanol–water partition coefficient (Wildman–Crippen LogP) is 3.14. The van der Waals surface area contributed by atoms with E-state index in [9.17, 15) is 9.59 Å². The fourth-order valence-corrected chi connectivity index (χ4v) is 3.19. The number of benzene rings is 1. The monoisotopic (exact) mass is 362 g/mol. The lowest BCUT2D eigenvalue weighted by Crippen LogP contribution is -2.55. The van der Waals surface area contributed by atoms with E-state index in [1.165, 1.54) is 7.11 Å². The van der Waals surface area contributed by atoms with E-state index in [1.807, 2.05) is 39.0 Å². The number of piperidine rings is 1. The molecule has 1 N–H and O–H groups in total. The van der Waals surface area contributed by atoms with Crippen molar-refractivity contribution in [1.29, 1.82) is 0 Å². The predicted molar refractivity (Wildman–Crippen MR) is 99.7 cm³/mol. The minimum Gasteiger partial charge on any atom is -0.469 e. The lowest BCUT2D eigenvalue weighted by atomic mass is 9.91. The third-order valence-electron chi connectivity index (χ3n) is 4.53. The first-order chi connectivity index (χ1) is 12.2. The number of nitrogens with zero attached hydrogens (tertiary/aromatic N) is 1. The van der Waals surface area contributed by atoms with Gasteiger partial charge in [0.05, 0.1) is 13.0 Å². The molecule has 1 saturated heterocycles. The molecular formula is C20H30N2O4. The first-order valence-corrected chi connectivity index (χ1v) is 9.08. The summed E-state index contributed by atoms with van der Waals surface area (Å²) >= 11 is 0. The Balaban J connectivity index is 2.06. The van der Waals surface area contributed by atoms with E-state index in [4.69, 9.17) is 9.47 Å². The number of likely N-dealkylation sites (tertiary alicyclic amines) is 1. The Morgan fingerprint density at radius 2 is 1.88 bits per heavy atom. The maximum absolute atomic E-state index is 12.4. The van der Waals surface area contributed by atoms with Crippen molar-refractivity contribution in [2.24, 2.45) is 5.92 Å². The summed E-state index contributed by atoms with van der Waals surface area (Å²) in [4.78, 5) is 26.3. The topological polar surface area (TPSA) is 67.9 Å². The maximum Gasteiger partial charge on any atom is 0.410 e. The fourth-order valence-electron chi connectivity index (χ4n) is 3.19. The molecule has 0 aromatic heterocycles. The van der Waals surface area contributed by atoms with Crippen molar-refractivity contribution in [2.75, 3.05) is 20.2 Å². The van der Waals surface area contributed by atoms with Crippen LogP contribution < -0.4 is 5.32 Å². The van der Waals surface area contributed by atoms with Crippen molar-refractivity contribution in [1.82, 2.24) is 10.2 Å². The Labute approximate surface area is 155 Å². The molecule has 2 rings (SSSR count). The van der Waals surface area contributed by atoms with Crippen LogP contribution in [0.1, 0.15) is 45.7 Å². The van der Waals surface area contributed by atoms with Gasteiger partial charge in [-0.05, 0) is 39.7 Å². The highest BCUT2D eigenvalue weighted by Crippen LogP contribution is 2.24. The molecule has 0 aliphatic carbocycles. The van der Waals surface area contributed by atoms with Gasteiger partial charge in [-0.2, -0.15) is 0 Å². The Morgan fingerprint density at radius 3 is 2.46 bits per heavy atom. The average molecular weight is 362 g/mol. The molecule has 3 atom stereocenters. The summed E-state index contributed by atoms with van der Waals surface area (Å²) < 4.78 is 10.4. The van der Waals surface area contributed by atoms with Crippen LogP contribution in [-0.4, -0.2) is 48.8 Å². The van der Waals surface area contributed by atoms with Crippen LogP contribution in [0.2, 0.25) is 0 Å². The summed E-state index contributed by atoms with van der Waals surface area (Å²) in [6.07, 6.45) is 0.275. The lowest BCUT2D eigenvalue weighted by molar-refractivity contribution is -0.148. The van der Waals surface area contributed by atoms with Gasteiger partial charge in [-0.15, -0.1) is 0 Å². The smallest absolute Gasteiger partial charge is 0.410 e. The fraction of sp³-hybridized carbons (Fsp3) is 0.600. The van der Waals surface area contributed by atoms with Gasteiger partial charge < -0.3 is 19.7 Å². The van der Waals surface area contributed by atoms with Crippen LogP contribution >= 0.6 is 0 Å². The molecule has 1 amide bonds. The second-order valence-electron chi connectivity index (χ2n) is 7.75. The third kappa shape index (κ3) is 5.46. The summed E-state index contributed by atoms with van der Waals surface area (Å²) in [5.74, 6) is -0.733. The molecule has 144 valence electrons. The summed E-state index contributed by atoms with van der Waals surface area (Å²) in [6, 6.07) is 10.1. The molecular weight excluding hydrogens is 332 g/mol. The molecule has 26 heavy (non-hydrogen) atoms. The highest BCUT2D eigenvalue weighted by Gasteiger charge is 2.38. The van der Waals surface area contributed by atoms with Gasteiger partial charge in [-0.3, -0.25) is 4.79 Å². The van der Waals surface area contributed by atoms with Gasteiger partial charge in [0.2, 0.25) is 0 Å². The molecule has 0 spiro atoms. The Morgan fingerprint density at radius 1 is 1.23 bits per heavy atom. The Bertz CT molecular complexity index is 612. The number of hydrogen-bond donors (Lipinski definition) is 1. The van der Waals surface area contributed by atoms with Crippen LogP contribution in [0.4, 0.5) is 4.79 Å². The molecule has 1 aromatic rings. The van der Waals surface area contributed by atoms with Crippen molar-refractivity contribution < 1.29 is 19.1 Å². The summed E-state index contributed by atoms with van der Waals surface area (Å²) in [5.41, 5.74) is 0.597. The first kappa shape index (κ1) is 20.2. The van der Waals surface area contributed by atoms with Crippen molar-refractivity contribution in [3.8, 4) is 0 Å². The summed E-state index contributed by atoms with van der Waals surface area (Å²) in [6.45, 7) is 8.40. The minimum atomic E-state index is -0.561. The second kappa shape index (κ2) is 8.54. The summed E-state index contributed by atoms with van der Waals surface area (Å²) in [5, 5.41) is 3.53. The molecule has 1 aromatic carbocycles. The average Bonchev–Trinajstić information content (AvgIpc) is 2.60. The van der Waals surface area contributed by atoms with Crippen LogP contribution in [0.25, 0.3) is 0 Å². The third-order valence-corrected chi connectivity index (χ3v) is 4.53. The van der Waals surface area contributed by atoms with Gasteiger partial charge in [0.25, 0.3) is 0 Å². The van der Waals surface area contributed by atoms with Crippen molar-refractivity contribution in [2.45, 2.75) is 51.8 Å². The van der Waals surface area contributed by atoms with E-state index in [0.717, 1.165) is 5.56 Å². The maximum atomic E-state index is 12.4. The van der Waals surface area contributed by atoms with Gasteiger partial charge in [0.1, 0.15) is 5.60 Å². The zero-order valence-electron chi connectivity index (χ0n) is 16.3. The molecule has 1 fully saturated rings. The highest BCUT2D eigenvalue weighted by atomic mass is 16.6. The number of methoxy groups -OCH3 is 1. The Kier molecular flexibility index (Phi) is 6.64. The van der Waals surface area contributed by atoms with Crippen molar-refractivity contribution in [3.63, 3.8) is 0 Å². The first-order valence-electron chi connectivity index (χ1n) is 9.08. The van der Waals surface area contributed by atoms with Crippen LogP contribution in [0.3, 0.4) is 0 Å². The van der Waals surface area contributed by atoms with Crippen molar-refractivity contribution >= 4 is 12.1 Å². The zero-order chi connectivity index (χ0) is 19.3. The van der Waals surface area contributed by atoms with Gasteiger partial charge in [0.15, 0.2) is 0 Å². The van der Waals surface area contributed by atoms with Crippen LogP contribution in [0.15, 0.2) is 30.3 Å². The molecule has 6 heteroatoms. The quantitative estimate of drug-likeness (QED) is 0.834. The molecule has 1 heterocycles. The normalized spacial score (nSPS) is 21.8. The number of ether oxygens (including phenoxy) is 2. The van der Waals surface area contributed by atoms with Crippen molar-refractivity contribution in [3.05, 3.63) is 35.9 Å². The highest BCUT2D eigenvalue weighted by molar-refractivity contribution is 5.75. The van der Waals surface area contributed by atoms with Gasteiger partial charge >= 0.3 is 12.1 Å². The molecule has 0 unspecified atom stereocenters. The largest absolute Gasteiger partial charge is 0.469 e. The number of nitrogens with one attached hydrogen (secondary N) is 1. The molecule has 0 saturated carbocycles. The number of carbonyl (C=O) groups excluding carboxylic acids is 2. The number of hydrogen-bond acceptors (Lipinski definition) is 5. The Hall–Kier alpha value is -2.08. The molecule has 1 aliphatic rings. The van der Waals surface area contributed by atoms with Gasteiger partial charge in [-0.25, -0.2) is 4.79 Å². The molecule has 1 aliphatic heterocycles. The van der Waals surface area contributed by atoms with Crippen LogP contribution in [0, 0.1) is 5.92 Å². The summed E-state index contributed by atoms with van der Waals surface area (Å²) in [7, 11) is 1.38. The van der Waals surface area contributed by atoms with E-state index in [1.54, 1.807) is 4.90 Å². The minimum absolute atomic E-state index is 0.0589. The molecule has 0 radical (unpaired) electrons. The lowest BCUT2D eigenvalue weighted by Gasteiger charge is -2.39. The van der Waals surface area contributed by atoms with E-state index >= 15 is 0 Å². The molecule has 0 bridgehead atoms. The van der Waals surface area contributed by atoms with E-state index in [0.29, 0.717) is 19.5 Å². The van der Waals surface area contributed by atoms with E-state index in [2.05, 4.69) is 24.4 Å². The number of esters is 1. The number of carbonyl (C=O) groups is 2. The second-order valence-corrected chi connectivity index (χ2v) is 7.75. The van der Waals surface area contributed by atoms with Gasteiger partial charge in [-0.1, -0.05) is 30.3 Å². The van der Waals surface area contributed by atoms with E-state index in [-0.39, 0.29) is 24.1 Å². The van der Waals surface area contributed by atoms with Crippen LogP contribution in [0.5, 0.6) is 0 Å². The number of amides is 1. The standard InChI is InChI=1S/C20H30N2O4/c1-14(15-9-7-6-8-10-15)21-17-11-12-22(13-16(17)18(23)25-5)19(24)26-20(2,3)4/h6-10,14,16-17,21H,11-13H2,1-5H3/t14-,16+,17+/m0/s1. The van der Waals surface area contributed by atoms with Gasteiger partial charge in [0, 0.05) is 25.2 Å². The van der Waals surface area contributed by atoms with Crippen LogP contribution in [-0.2, 0) is 14.3 Å². The number of rotatable bonds is 4.